The summed E-state index contributed by atoms with van der Waals surface area (Å²) in [5.41, 5.74) is 2.12. The number of carbonyl (C=O) groups excluding carboxylic acids is 1. The molecule has 2 aromatic heterocycles. The summed E-state index contributed by atoms with van der Waals surface area (Å²) in [7, 11) is 0. The smallest absolute Gasteiger partial charge is 0.287 e. The first kappa shape index (κ1) is 17.9. The molecule has 27 heavy (non-hydrogen) atoms. The standard InChI is InChI=1S/C21H23N3O2S/c25-21(19-9-8-18(26-19)14-24-10-4-5-11-24)22-13-17-15-27-20(23-17)12-16-6-2-1-3-7-16/h1-3,6-9,15H,4-5,10-14H2,(H,22,25). The predicted molar refractivity (Wildman–Crippen MR) is 106 cm³/mol. The van der Waals surface area contributed by atoms with Gasteiger partial charge in [-0.2, -0.15) is 0 Å². The van der Waals surface area contributed by atoms with Gasteiger partial charge in [-0.25, -0.2) is 4.98 Å². The summed E-state index contributed by atoms with van der Waals surface area (Å²) in [4.78, 5) is 19.3. The Bertz CT molecular complexity index is 882. The minimum atomic E-state index is -0.194. The summed E-state index contributed by atoms with van der Waals surface area (Å²) in [5, 5.41) is 5.95. The lowest BCUT2D eigenvalue weighted by atomic mass is 10.2. The molecule has 3 aromatic rings. The lowest BCUT2D eigenvalue weighted by Gasteiger charge is -2.11. The summed E-state index contributed by atoms with van der Waals surface area (Å²) in [6.45, 7) is 3.41. The number of rotatable bonds is 7. The molecule has 1 saturated heterocycles. The molecule has 1 aliphatic rings. The van der Waals surface area contributed by atoms with Crippen molar-refractivity contribution in [1.29, 1.82) is 0 Å². The summed E-state index contributed by atoms with van der Waals surface area (Å²) in [6.07, 6.45) is 3.30. The average molecular weight is 382 g/mol. The molecule has 5 nitrogen and oxygen atoms in total. The Hall–Kier alpha value is -2.44. The highest BCUT2D eigenvalue weighted by atomic mass is 32.1. The van der Waals surface area contributed by atoms with Gasteiger partial charge in [-0.15, -0.1) is 11.3 Å². The van der Waals surface area contributed by atoms with Crippen LogP contribution in [-0.4, -0.2) is 28.9 Å². The van der Waals surface area contributed by atoms with Gasteiger partial charge >= 0.3 is 0 Å². The van der Waals surface area contributed by atoms with Crippen molar-refractivity contribution in [2.45, 2.75) is 32.4 Å². The number of carbonyl (C=O) groups is 1. The Morgan fingerprint density at radius 2 is 1.96 bits per heavy atom. The van der Waals surface area contributed by atoms with Crippen LogP contribution < -0.4 is 5.32 Å². The average Bonchev–Trinajstić information content (AvgIpc) is 3.44. The van der Waals surface area contributed by atoms with E-state index in [1.165, 1.54) is 18.4 Å². The fraction of sp³-hybridized carbons (Fsp3) is 0.333. The molecule has 1 aliphatic heterocycles. The number of nitrogens with one attached hydrogen (secondary N) is 1. The van der Waals surface area contributed by atoms with Crippen LogP contribution >= 0.6 is 11.3 Å². The van der Waals surface area contributed by atoms with Crippen molar-refractivity contribution in [3.05, 3.63) is 75.6 Å². The molecule has 1 fully saturated rings. The van der Waals surface area contributed by atoms with Gasteiger partial charge in [0.25, 0.3) is 5.91 Å². The van der Waals surface area contributed by atoms with E-state index in [0.717, 1.165) is 42.5 Å². The number of hydrogen-bond acceptors (Lipinski definition) is 5. The van der Waals surface area contributed by atoms with Gasteiger partial charge in [0.1, 0.15) is 5.76 Å². The van der Waals surface area contributed by atoms with Crippen molar-refractivity contribution in [2.75, 3.05) is 13.1 Å². The van der Waals surface area contributed by atoms with Crippen LogP contribution in [0, 0.1) is 0 Å². The van der Waals surface area contributed by atoms with Crippen molar-refractivity contribution < 1.29 is 9.21 Å². The molecule has 0 spiro atoms. The molecule has 3 heterocycles. The zero-order valence-electron chi connectivity index (χ0n) is 15.2. The van der Waals surface area contributed by atoms with Gasteiger partial charge < -0.3 is 9.73 Å². The summed E-state index contributed by atoms with van der Waals surface area (Å²) in [5.74, 6) is 1.02. The quantitative estimate of drug-likeness (QED) is 0.675. The van der Waals surface area contributed by atoms with Gasteiger partial charge in [0, 0.05) is 11.8 Å². The second-order valence-corrected chi connectivity index (χ2v) is 7.77. The molecule has 1 aromatic carbocycles. The Labute approximate surface area is 163 Å². The van der Waals surface area contributed by atoms with Crippen molar-refractivity contribution in [3.63, 3.8) is 0 Å². The van der Waals surface area contributed by atoms with Crippen LogP contribution in [0.4, 0.5) is 0 Å². The fourth-order valence-corrected chi connectivity index (χ4v) is 4.11. The third kappa shape index (κ3) is 4.84. The molecular weight excluding hydrogens is 358 g/mol. The first-order chi connectivity index (χ1) is 13.3. The zero-order valence-corrected chi connectivity index (χ0v) is 16.0. The highest BCUT2D eigenvalue weighted by molar-refractivity contribution is 7.09. The minimum Gasteiger partial charge on any atom is -0.455 e. The maximum absolute atomic E-state index is 12.3. The van der Waals surface area contributed by atoms with E-state index in [2.05, 4.69) is 27.3 Å². The molecule has 1 amide bonds. The molecule has 1 N–H and O–H groups in total. The van der Waals surface area contributed by atoms with E-state index in [1.54, 1.807) is 17.4 Å². The number of benzene rings is 1. The lowest BCUT2D eigenvalue weighted by molar-refractivity contribution is 0.0919. The molecule has 0 atom stereocenters. The second-order valence-electron chi connectivity index (χ2n) is 6.83. The molecule has 0 saturated carbocycles. The number of hydrogen-bond donors (Lipinski definition) is 1. The number of likely N-dealkylation sites (tertiary alicyclic amines) is 1. The maximum atomic E-state index is 12.3. The minimum absolute atomic E-state index is 0.194. The summed E-state index contributed by atoms with van der Waals surface area (Å²) < 4.78 is 5.71. The SMILES string of the molecule is O=C(NCc1csc(Cc2ccccc2)n1)c1ccc(CN2CCCC2)o1. The molecule has 0 bridgehead atoms. The maximum Gasteiger partial charge on any atom is 0.287 e. The molecule has 140 valence electrons. The Morgan fingerprint density at radius 3 is 2.78 bits per heavy atom. The Morgan fingerprint density at radius 1 is 1.15 bits per heavy atom. The molecular formula is C21H23N3O2S. The van der Waals surface area contributed by atoms with Crippen LogP contribution in [-0.2, 0) is 19.5 Å². The number of amides is 1. The largest absolute Gasteiger partial charge is 0.455 e. The summed E-state index contributed by atoms with van der Waals surface area (Å²) >= 11 is 1.62. The van der Waals surface area contributed by atoms with Crippen molar-refractivity contribution >= 4 is 17.2 Å². The van der Waals surface area contributed by atoms with E-state index in [0.29, 0.717) is 12.3 Å². The van der Waals surface area contributed by atoms with Gasteiger partial charge in [0.05, 0.1) is 23.8 Å². The Kier molecular flexibility index (Phi) is 5.65. The number of thiazole rings is 1. The van der Waals surface area contributed by atoms with Crippen LogP contribution in [0.3, 0.4) is 0 Å². The molecule has 4 rings (SSSR count). The van der Waals surface area contributed by atoms with Crippen molar-refractivity contribution in [1.82, 2.24) is 15.2 Å². The van der Waals surface area contributed by atoms with E-state index < -0.39 is 0 Å². The van der Waals surface area contributed by atoms with E-state index in [4.69, 9.17) is 4.42 Å². The van der Waals surface area contributed by atoms with Crippen LogP contribution in [0.25, 0.3) is 0 Å². The van der Waals surface area contributed by atoms with E-state index in [-0.39, 0.29) is 5.91 Å². The number of aromatic nitrogens is 1. The molecule has 0 unspecified atom stereocenters. The highest BCUT2D eigenvalue weighted by Crippen LogP contribution is 2.16. The summed E-state index contributed by atoms with van der Waals surface area (Å²) in [6, 6.07) is 13.9. The molecule has 0 aliphatic carbocycles. The first-order valence-electron chi connectivity index (χ1n) is 9.33. The van der Waals surface area contributed by atoms with Crippen molar-refractivity contribution in [3.8, 4) is 0 Å². The van der Waals surface area contributed by atoms with E-state index in [9.17, 15) is 4.79 Å². The molecule has 0 radical (unpaired) electrons. The fourth-order valence-electron chi connectivity index (χ4n) is 3.29. The van der Waals surface area contributed by atoms with Gasteiger partial charge in [0.15, 0.2) is 5.76 Å². The van der Waals surface area contributed by atoms with Crippen LogP contribution in [0.1, 0.15) is 45.4 Å². The third-order valence-corrected chi connectivity index (χ3v) is 5.59. The first-order valence-corrected chi connectivity index (χ1v) is 10.2. The van der Waals surface area contributed by atoms with Crippen LogP contribution in [0.2, 0.25) is 0 Å². The number of nitrogens with zero attached hydrogens (tertiary/aromatic N) is 2. The topological polar surface area (TPSA) is 58.4 Å². The monoisotopic (exact) mass is 381 g/mol. The van der Waals surface area contributed by atoms with Gasteiger partial charge in [-0.3, -0.25) is 9.69 Å². The van der Waals surface area contributed by atoms with Crippen LogP contribution in [0.5, 0.6) is 0 Å². The van der Waals surface area contributed by atoms with Crippen molar-refractivity contribution in [2.24, 2.45) is 0 Å². The van der Waals surface area contributed by atoms with Gasteiger partial charge in [0.2, 0.25) is 0 Å². The predicted octanol–water partition coefficient (Wildman–Crippen LogP) is 3.85. The lowest BCUT2D eigenvalue weighted by Crippen LogP contribution is -2.22. The second kappa shape index (κ2) is 8.50. The van der Waals surface area contributed by atoms with Gasteiger partial charge in [-0.05, 0) is 43.6 Å². The van der Waals surface area contributed by atoms with E-state index >= 15 is 0 Å². The highest BCUT2D eigenvalue weighted by Gasteiger charge is 2.16. The third-order valence-electron chi connectivity index (χ3n) is 4.69. The Balaban J connectivity index is 1.28. The zero-order chi connectivity index (χ0) is 18.5. The van der Waals surface area contributed by atoms with Crippen LogP contribution in [0.15, 0.2) is 52.3 Å². The van der Waals surface area contributed by atoms with Gasteiger partial charge in [-0.1, -0.05) is 30.3 Å². The molecule has 6 heteroatoms. The van der Waals surface area contributed by atoms with E-state index in [1.807, 2.05) is 29.6 Å². The number of furan rings is 1. The normalized spacial score (nSPS) is 14.5.